The van der Waals surface area contributed by atoms with Gasteiger partial charge in [0.25, 0.3) is 5.91 Å². The van der Waals surface area contributed by atoms with E-state index in [1.165, 1.54) is 23.1 Å². The zero-order valence-electron chi connectivity index (χ0n) is 13.3. The molecule has 0 saturated heterocycles. The number of thiophene rings is 1. The van der Waals surface area contributed by atoms with Gasteiger partial charge < -0.3 is 9.88 Å². The molecular weight excluding hydrogens is 340 g/mol. The molecule has 3 nitrogen and oxygen atoms in total. The lowest BCUT2D eigenvalue weighted by Gasteiger charge is -2.17. The first-order valence-electron chi connectivity index (χ1n) is 8.33. The molecule has 5 heteroatoms. The Kier molecular flexibility index (Phi) is 4.33. The monoisotopic (exact) mass is 358 g/mol. The summed E-state index contributed by atoms with van der Waals surface area (Å²) < 4.78 is 3.45. The van der Waals surface area contributed by atoms with Gasteiger partial charge in [-0.15, -0.1) is 11.3 Å². The number of halogens is 1. The summed E-state index contributed by atoms with van der Waals surface area (Å²) >= 11 is 7.71. The highest BCUT2D eigenvalue weighted by Crippen LogP contribution is 2.36. The summed E-state index contributed by atoms with van der Waals surface area (Å²) in [6, 6.07) is 12.2. The first-order chi connectivity index (χ1) is 11.7. The van der Waals surface area contributed by atoms with Crippen molar-refractivity contribution in [1.29, 1.82) is 0 Å². The molecule has 0 atom stereocenters. The second-order valence-corrected chi connectivity index (χ2v) is 7.70. The van der Waals surface area contributed by atoms with E-state index in [2.05, 4.69) is 21.3 Å². The summed E-state index contributed by atoms with van der Waals surface area (Å²) in [5, 5.41) is 5.84. The molecule has 1 amide bonds. The van der Waals surface area contributed by atoms with E-state index < -0.39 is 0 Å². The Morgan fingerprint density at radius 2 is 2.08 bits per heavy atom. The number of hydrogen-bond donors (Lipinski definition) is 1. The third-order valence-electron chi connectivity index (χ3n) is 4.72. The first-order valence-corrected chi connectivity index (χ1v) is 9.59. The summed E-state index contributed by atoms with van der Waals surface area (Å²) in [6.45, 7) is 0.489. The molecule has 0 spiro atoms. The number of hydrogen-bond acceptors (Lipinski definition) is 2. The Morgan fingerprint density at radius 1 is 1.25 bits per heavy atom. The lowest BCUT2D eigenvalue weighted by Crippen LogP contribution is -2.26. The van der Waals surface area contributed by atoms with Crippen molar-refractivity contribution in [2.75, 3.05) is 0 Å². The molecule has 124 valence electrons. The van der Waals surface area contributed by atoms with Gasteiger partial charge in [0.2, 0.25) is 0 Å². The van der Waals surface area contributed by atoms with Crippen LogP contribution in [0.15, 0.2) is 41.8 Å². The number of carbonyl (C=O) groups is 1. The van der Waals surface area contributed by atoms with Crippen LogP contribution in [0.1, 0.15) is 47.8 Å². The van der Waals surface area contributed by atoms with Crippen LogP contribution in [0, 0.1) is 0 Å². The van der Waals surface area contributed by atoms with Crippen molar-refractivity contribution in [3.05, 3.63) is 58.1 Å². The Labute approximate surface area is 150 Å². The lowest BCUT2D eigenvalue weighted by molar-refractivity contribution is 0.0940. The molecule has 24 heavy (non-hydrogen) atoms. The van der Waals surface area contributed by atoms with E-state index >= 15 is 0 Å². The molecule has 1 saturated carbocycles. The smallest absolute Gasteiger partial charge is 0.268 e. The van der Waals surface area contributed by atoms with Crippen molar-refractivity contribution in [3.63, 3.8) is 0 Å². The van der Waals surface area contributed by atoms with E-state index in [1.807, 2.05) is 30.3 Å². The summed E-state index contributed by atoms with van der Waals surface area (Å²) in [5.41, 5.74) is 2.99. The van der Waals surface area contributed by atoms with Crippen molar-refractivity contribution >= 4 is 39.1 Å². The second kappa shape index (κ2) is 6.61. The average Bonchev–Trinajstić information content (AvgIpc) is 3.28. The van der Waals surface area contributed by atoms with Gasteiger partial charge in [0.15, 0.2) is 0 Å². The van der Waals surface area contributed by atoms with Gasteiger partial charge in [0.1, 0.15) is 5.69 Å². The van der Waals surface area contributed by atoms with Crippen molar-refractivity contribution in [1.82, 2.24) is 9.88 Å². The van der Waals surface area contributed by atoms with Gasteiger partial charge in [0.05, 0.1) is 10.2 Å². The molecular formula is C19H19ClN2OS. The van der Waals surface area contributed by atoms with E-state index in [0.29, 0.717) is 17.6 Å². The summed E-state index contributed by atoms with van der Waals surface area (Å²) in [6.07, 6.45) is 4.82. The summed E-state index contributed by atoms with van der Waals surface area (Å²) in [5.74, 6) is -0.00900. The zero-order chi connectivity index (χ0) is 16.5. The highest BCUT2D eigenvalue weighted by molar-refractivity contribution is 7.17. The van der Waals surface area contributed by atoms with Gasteiger partial charge in [-0.05, 0) is 48.1 Å². The molecule has 1 aliphatic carbocycles. The third kappa shape index (κ3) is 2.96. The minimum atomic E-state index is -0.00900. The zero-order valence-corrected chi connectivity index (χ0v) is 14.9. The standard InChI is InChI=1S/C19H19ClN2OS/c20-14-5-3-4-13(10-14)12-21-19(23)17-11-18-16(8-9-24-18)22(17)15-6-1-2-7-15/h3-5,8-11,15H,1-2,6-7,12H2,(H,21,23). The van der Waals surface area contributed by atoms with Crippen molar-refractivity contribution in [3.8, 4) is 0 Å². The van der Waals surface area contributed by atoms with Crippen LogP contribution in [0.25, 0.3) is 10.2 Å². The molecule has 1 N–H and O–H groups in total. The van der Waals surface area contributed by atoms with E-state index in [4.69, 9.17) is 11.6 Å². The van der Waals surface area contributed by atoms with Crippen molar-refractivity contribution in [2.45, 2.75) is 38.3 Å². The van der Waals surface area contributed by atoms with Crippen LogP contribution in [-0.4, -0.2) is 10.5 Å². The SMILES string of the molecule is O=C(NCc1cccc(Cl)c1)c1cc2sccc2n1C1CCCC1. The third-order valence-corrected chi connectivity index (χ3v) is 5.81. The van der Waals surface area contributed by atoms with Gasteiger partial charge in [-0.1, -0.05) is 36.6 Å². The highest BCUT2D eigenvalue weighted by atomic mass is 35.5. The maximum atomic E-state index is 12.8. The van der Waals surface area contributed by atoms with Crippen LogP contribution < -0.4 is 5.32 Å². The molecule has 0 radical (unpaired) electrons. The maximum absolute atomic E-state index is 12.8. The minimum Gasteiger partial charge on any atom is -0.347 e. The molecule has 0 unspecified atom stereocenters. The fraction of sp³-hybridized carbons (Fsp3) is 0.316. The largest absolute Gasteiger partial charge is 0.347 e. The number of aromatic nitrogens is 1. The second-order valence-electron chi connectivity index (χ2n) is 6.32. The summed E-state index contributed by atoms with van der Waals surface area (Å²) in [4.78, 5) is 12.8. The predicted octanol–water partition coefficient (Wildman–Crippen LogP) is 5.40. The Hall–Kier alpha value is -1.78. The molecule has 1 aromatic carbocycles. The first kappa shape index (κ1) is 15.7. The number of nitrogens with zero attached hydrogens (tertiary/aromatic N) is 1. The van der Waals surface area contributed by atoms with E-state index in [9.17, 15) is 4.79 Å². The number of amides is 1. The topological polar surface area (TPSA) is 34.0 Å². The molecule has 2 aromatic heterocycles. The van der Waals surface area contributed by atoms with Crippen LogP contribution in [0.5, 0.6) is 0 Å². The normalized spacial score (nSPS) is 15.2. The fourth-order valence-electron chi connectivity index (χ4n) is 3.60. The number of fused-ring (bicyclic) bond motifs is 1. The van der Waals surface area contributed by atoms with Gasteiger partial charge in [0, 0.05) is 17.6 Å². The van der Waals surface area contributed by atoms with Gasteiger partial charge in [-0.2, -0.15) is 0 Å². The molecule has 1 aliphatic rings. The highest BCUT2D eigenvalue weighted by Gasteiger charge is 2.24. The van der Waals surface area contributed by atoms with Crippen LogP contribution in [-0.2, 0) is 6.54 Å². The van der Waals surface area contributed by atoms with Crippen LogP contribution in [0.3, 0.4) is 0 Å². The average molecular weight is 359 g/mol. The van der Waals surface area contributed by atoms with E-state index in [-0.39, 0.29) is 5.91 Å². The van der Waals surface area contributed by atoms with E-state index in [0.717, 1.165) is 24.1 Å². The number of nitrogens with one attached hydrogen (secondary N) is 1. The Morgan fingerprint density at radius 3 is 2.88 bits per heavy atom. The number of carbonyl (C=O) groups excluding carboxylic acids is 1. The Bertz CT molecular complexity index is 877. The minimum absolute atomic E-state index is 0.00900. The Balaban J connectivity index is 1.59. The fourth-order valence-corrected chi connectivity index (χ4v) is 4.62. The molecule has 1 fully saturated rings. The molecule has 0 bridgehead atoms. The molecule has 3 aromatic rings. The quantitative estimate of drug-likeness (QED) is 0.665. The van der Waals surface area contributed by atoms with Gasteiger partial charge in [-0.25, -0.2) is 0 Å². The van der Waals surface area contributed by atoms with Crippen molar-refractivity contribution < 1.29 is 4.79 Å². The van der Waals surface area contributed by atoms with Crippen molar-refractivity contribution in [2.24, 2.45) is 0 Å². The van der Waals surface area contributed by atoms with Gasteiger partial charge in [-0.3, -0.25) is 4.79 Å². The van der Waals surface area contributed by atoms with Gasteiger partial charge >= 0.3 is 0 Å². The maximum Gasteiger partial charge on any atom is 0.268 e. The molecule has 4 rings (SSSR count). The predicted molar refractivity (Wildman–Crippen MR) is 99.9 cm³/mol. The van der Waals surface area contributed by atoms with Crippen LogP contribution in [0.2, 0.25) is 5.02 Å². The summed E-state index contributed by atoms with van der Waals surface area (Å²) in [7, 11) is 0. The number of rotatable bonds is 4. The van der Waals surface area contributed by atoms with Crippen LogP contribution in [0.4, 0.5) is 0 Å². The lowest BCUT2D eigenvalue weighted by atomic mass is 10.2. The van der Waals surface area contributed by atoms with Crippen LogP contribution >= 0.6 is 22.9 Å². The number of benzene rings is 1. The van der Waals surface area contributed by atoms with E-state index in [1.54, 1.807) is 11.3 Å². The molecule has 0 aliphatic heterocycles. The molecule has 2 heterocycles.